The first-order valence-corrected chi connectivity index (χ1v) is 6.97. The highest BCUT2D eigenvalue weighted by Crippen LogP contribution is 2.17. The molecule has 0 bridgehead atoms. The van der Waals surface area contributed by atoms with Gasteiger partial charge in [-0.15, -0.1) is 0 Å². The number of hydrogen-bond acceptors (Lipinski definition) is 5. The van der Waals surface area contributed by atoms with Crippen LogP contribution in [0, 0.1) is 10.1 Å². The highest BCUT2D eigenvalue weighted by Gasteiger charge is 2.16. The minimum atomic E-state index is -0.788. The largest absolute Gasteiger partial charge is 0.454 e. The number of hydrogen-bond donors (Lipinski definition) is 0. The Labute approximate surface area is 134 Å². The maximum absolute atomic E-state index is 12.0. The van der Waals surface area contributed by atoms with Crippen molar-refractivity contribution in [2.45, 2.75) is 0 Å². The summed E-state index contributed by atoms with van der Waals surface area (Å²) in [5, 5.41) is 10.7. The Balaban J connectivity index is 2.04. The molecule has 0 atom stereocenters. The summed E-state index contributed by atoms with van der Waals surface area (Å²) in [6.45, 7) is -0.440. The van der Waals surface area contributed by atoms with E-state index >= 15 is 0 Å². The number of carbonyl (C=O) groups excluding carboxylic acids is 2. The standard InChI is InChI=1S/C15H10BrNO5/c16-13-7-2-1-6-12(13)14(18)9-22-15(19)10-4-3-5-11(8-10)17(20)21/h1-8H,9H2. The van der Waals surface area contributed by atoms with Gasteiger partial charge < -0.3 is 4.74 Å². The lowest BCUT2D eigenvalue weighted by molar-refractivity contribution is -0.384. The number of halogens is 1. The number of benzene rings is 2. The Bertz CT molecular complexity index is 744. The summed E-state index contributed by atoms with van der Waals surface area (Å²) in [6.07, 6.45) is 0. The van der Waals surface area contributed by atoms with E-state index in [1.54, 1.807) is 24.3 Å². The third-order valence-electron chi connectivity index (χ3n) is 2.80. The Hall–Kier alpha value is -2.54. The van der Waals surface area contributed by atoms with Crippen molar-refractivity contribution < 1.29 is 19.2 Å². The quantitative estimate of drug-likeness (QED) is 0.351. The second kappa shape index (κ2) is 6.95. The Morgan fingerprint density at radius 2 is 1.86 bits per heavy atom. The van der Waals surface area contributed by atoms with E-state index in [2.05, 4.69) is 15.9 Å². The molecule has 112 valence electrons. The van der Waals surface area contributed by atoms with E-state index in [1.807, 2.05) is 0 Å². The maximum atomic E-state index is 12.0. The van der Waals surface area contributed by atoms with Gasteiger partial charge in [-0.2, -0.15) is 0 Å². The lowest BCUT2D eigenvalue weighted by atomic mass is 10.1. The summed E-state index contributed by atoms with van der Waals surface area (Å²) >= 11 is 3.24. The molecule has 0 aliphatic rings. The number of ketones is 1. The van der Waals surface area contributed by atoms with Gasteiger partial charge in [-0.25, -0.2) is 4.79 Å². The fraction of sp³-hybridized carbons (Fsp3) is 0.0667. The lowest BCUT2D eigenvalue weighted by Gasteiger charge is -2.05. The van der Waals surface area contributed by atoms with Gasteiger partial charge in [0.05, 0.1) is 10.5 Å². The van der Waals surface area contributed by atoms with Crippen molar-refractivity contribution in [1.29, 1.82) is 0 Å². The van der Waals surface area contributed by atoms with Crippen LogP contribution in [0.15, 0.2) is 53.0 Å². The molecule has 2 aromatic rings. The number of Topliss-reactive ketones (excluding diaryl/α,β-unsaturated/α-hetero) is 1. The average Bonchev–Trinajstić information content (AvgIpc) is 2.52. The number of rotatable bonds is 5. The molecular formula is C15H10BrNO5. The molecule has 2 aromatic carbocycles. The Morgan fingerprint density at radius 1 is 1.14 bits per heavy atom. The van der Waals surface area contributed by atoms with Gasteiger partial charge in [-0.05, 0) is 12.1 Å². The first-order valence-electron chi connectivity index (χ1n) is 6.18. The smallest absolute Gasteiger partial charge is 0.338 e. The molecule has 0 aromatic heterocycles. The summed E-state index contributed by atoms with van der Waals surface area (Å²) in [7, 11) is 0. The van der Waals surface area contributed by atoms with E-state index in [-0.39, 0.29) is 17.0 Å². The predicted molar refractivity (Wildman–Crippen MR) is 81.9 cm³/mol. The number of ether oxygens (including phenoxy) is 1. The van der Waals surface area contributed by atoms with Crippen molar-refractivity contribution >= 4 is 33.4 Å². The molecule has 0 saturated heterocycles. The van der Waals surface area contributed by atoms with E-state index in [0.717, 1.165) is 6.07 Å². The predicted octanol–water partition coefficient (Wildman–Crippen LogP) is 3.40. The zero-order valence-corrected chi connectivity index (χ0v) is 12.8. The van der Waals surface area contributed by atoms with Gasteiger partial charge in [0.2, 0.25) is 5.78 Å². The molecule has 0 amide bonds. The average molecular weight is 364 g/mol. The second-order valence-corrected chi connectivity index (χ2v) is 5.14. The highest BCUT2D eigenvalue weighted by molar-refractivity contribution is 9.10. The molecule has 0 aliphatic heterocycles. The maximum Gasteiger partial charge on any atom is 0.338 e. The normalized spacial score (nSPS) is 10.0. The molecule has 0 aliphatic carbocycles. The zero-order chi connectivity index (χ0) is 16.1. The van der Waals surface area contributed by atoms with Crippen LogP contribution >= 0.6 is 15.9 Å². The van der Waals surface area contributed by atoms with Gasteiger partial charge in [0.25, 0.3) is 5.69 Å². The number of nitro groups is 1. The SMILES string of the molecule is O=C(OCC(=O)c1ccccc1Br)c1cccc([N+](=O)[O-])c1. The van der Waals surface area contributed by atoms with Crippen LogP contribution in [-0.2, 0) is 4.74 Å². The summed E-state index contributed by atoms with van der Waals surface area (Å²) < 4.78 is 5.51. The number of carbonyl (C=O) groups is 2. The van der Waals surface area contributed by atoms with Crippen molar-refractivity contribution in [2.24, 2.45) is 0 Å². The van der Waals surface area contributed by atoms with Crippen LogP contribution in [0.3, 0.4) is 0 Å². The minimum Gasteiger partial charge on any atom is -0.454 e. The van der Waals surface area contributed by atoms with Crippen LogP contribution in [0.1, 0.15) is 20.7 Å². The summed E-state index contributed by atoms with van der Waals surface area (Å²) in [5.74, 6) is -1.16. The minimum absolute atomic E-state index is 0.0223. The second-order valence-electron chi connectivity index (χ2n) is 4.29. The van der Waals surface area contributed by atoms with Gasteiger partial charge >= 0.3 is 5.97 Å². The first kappa shape index (κ1) is 15.8. The Morgan fingerprint density at radius 3 is 2.55 bits per heavy atom. The van der Waals surface area contributed by atoms with Crippen LogP contribution in [-0.4, -0.2) is 23.3 Å². The molecule has 0 N–H and O–H groups in total. The molecular weight excluding hydrogens is 354 g/mol. The van der Waals surface area contributed by atoms with Crippen LogP contribution in [0.4, 0.5) is 5.69 Å². The van der Waals surface area contributed by atoms with E-state index in [1.165, 1.54) is 18.2 Å². The number of esters is 1. The van der Waals surface area contributed by atoms with Crippen LogP contribution < -0.4 is 0 Å². The number of nitrogens with zero attached hydrogens (tertiary/aromatic N) is 1. The molecule has 22 heavy (non-hydrogen) atoms. The third kappa shape index (κ3) is 3.76. The fourth-order valence-electron chi connectivity index (χ4n) is 1.73. The molecule has 0 heterocycles. The molecule has 6 nitrogen and oxygen atoms in total. The number of non-ortho nitro benzene ring substituents is 1. The van der Waals surface area contributed by atoms with Crippen molar-refractivity contribution in [3.05, 3.63) is 74.2 Å². The van der Waals surface area contributed by atoms with Gasteiger partial charge in [0, 0.05) is 22.2 Å². The van der Waals surface area contributed by atoms with Crippen LogP contribution in [0.5, 0.6) is 0 Å². The van der Waals surface area contributed by atoms with E-state index in [0.29, 0.717) is 10.0 Å². The van der Waals surface area contributed by atoms with E-state index < -0.39 is 17.5 Å². The lowest BCUT2D eigenvalue weighted by Crippen LogP contribution is -2.14. The third-order valence-corrected chi connectivity index (χ3v) is 3.49. The molecule has 0 fully saturated rings. The number of nitro benzene ring substituents is 1. The molecule has 0 spiro atoms. The topological polar surface area (TPSA) is 86.5 Å². The molecule has 0 radical (unpaired) electrons. The summed E-state index contributed by atoms with van der Waals surface area (Å²) in [6, 6.07) is 11.9. The van der Waals surface area contributed by atoms with E-state index in [9.17, 15) is 19.7 Å². The van der Waals surface area contributed by atoms with Gasteiger partial charge in [-0.1, -0.05) is 40.2 Å². The highest BCUT2D eigenvalue weighted by atomic mass is 79.9. The van der Waals surface area contributed by atoms with Gasteiger partial charge in [0.1, 0.15) is 0 Å². The fourth-order valence-corrected chi connectivity index (χ4v) is 2.23. The van der Waals surface area contributed by atoms with Gasteiger partial charge in [0.15, 0.2) is 6.61 Å². The molecule has 0 saturated carbocycles. The van der Waals surface area contributed by atoms with Gasteiger partial charge in [-0.3, -0.25) is 14.9 Å². The molecule has 7 heteroatoms. The zero-order valence-electron chi connectivity index (χ0n) is 11.2. The Kier molecular flexibility index (Phi) is 5.00. The monoisotopic (exact) mass is 363 g/mol. The van der Waals surface area contributed by atoms with Crippen molar-refractivity contribution in [3.63, 3.8) is 0 Å². The molecule has 0 unspecified atom stereocenters. The van der Waals surface area contributed by atoms with Crippen molar-refractivity contribution in [2.75, 3.05) is 6.61 Å². The van der Waals surface area contributed by atoms with Crippen LogP contribution in [0.25, 0.3) is 0 Å². The van der Waals surface area contributed by atoms with Crippen LogP contribution in [0.2, 0.25) is 0 Å². The van der Waals surface area contributed by atoms with Crippen molar-refractivity contribution in [1.82, 2.24) is 0 Å². The van der Waals surface area contributed by atoms with Crippen molar-refractivity contribution in [3.8, 4) is 0 Å². The van der Waals surface area contributed by atoms with E-state index in [4.69, 9.17) is 4.74 Å². The molecule has 2 rings (SSSR count). The summed E-state index contributed by atoms with van der Waals surface area (Å²) in [5.41, 5.74) is 0.204. The first-order chi connectivity index (χ1) is 10.5. The summed E-state index contributed by atoms with van der Waals surface area (Å²) in [4.78, 5) is 33.8.